The van der Waals surface area contributed by atoms with Crippen molar-refractivity contribution in [1.29, 1.82) is 0 Å². The van der Waals surface area contributed by atoms with Crippen LogP contribution in [0.4, 0.5) is 21.0 Å². The van der Waals surface area contributed by atoms with Gasteiger partial charge < -0.3 is 41.0 Å². The Hall–Kier alpha value is -6.01. The Labute approximate surface area is 363 Å². The lowest BCUT2D eigenvalue weighted by molar-refractivity contribution is -0.145. The Balaban J connectivity index is 1.39. The summed E-state index contributed by atoms with van der Waals surface area (Å²) in [6.45, 7) is 10.4. The van der Waals surface area contributed by atoms with Gasteiger partial charge in [0.05, 0.1) is 18.4 Å². The number of nitrogens with one attached hydrogen (secondary N) is 5. The Morgan fingerprint density at radius 2 is 1.55 bits per heavy atom. The fourth-order valence-electron chi connectivity index (χ4n) is 6.80. The molecule has 3 aromatic carbocycles. The first-order valence-electron chi connectivity index (χ1n) is 20.4. The standard InChI is InChI=1S/C44H59N7O10S/c1-28(2)24-36(50(7)38(52)25-30-18-20-31(21-19-30)46-42(56)49-34-17-13-12-14-29(34)3)39(53)45-23-22-35(41(55)60-8)48-40(54)37-26-32(47-43(57)61-44(4,5)6)27-51(37)62(58,59)33-15-10-9-11-16-33/h9-21,28,32,35-37H,22-27H2,1-8H3,(H,45,53)(H,47,57)(H,48,54)(H2,46,49,56)/t32-,35+,36+,37?/m1/s1. The molecule has 3 aromatic rings. The summed E-state index contributed by atoms with van der Waals surface area (Å²) in [4.78, 5) is 80.5. The molecule has 4 rings (SSSR count). The van der Waals surface area contributed by atoms with Gasteiger partial charge in [-0.3, -0.25) is 14.4 Å². The molecule has 5 N–H and O–H groups in total. The number of rotatable bonds is 17. The smallest absolute Gasteiger partial charge is 0.407 e. The maximum atomic E-state index is 13.9. The Bertz CT molecular complexity index is 2160. The third-order valence-corrected chi connectivity index (χ3v) is 11.9. The molecule has 4 atom stereocenters. The first-order chi connectivity index (χ1) is 29.2. The number of benzene rings is 3. The number of esters is 1. The maximum absolute atomic E-state index is 13.9. The summed E-state index contributed by atoms with van der Waals surface area (Å²) >= 11 is 0. The average molecular weight is 878 g/mol. The van der Waals surface area contributed by atoms with Crippen molar-refractivity contribution >= 4 is 57.2 Å². The van der Waals surface area contributed by atoms with Crippen LogP contribution in [0.1, 0.15) is 65.0 Å². The normalized spacial score (nSPS) is 16.3. The molecule has 1 aliphatic rings. The number of methoxy groups -OCH3 is 1. The van der Waals surface area contributed by atoms with E-state index in [1.165, 1.54) is 17.0 Å². The van der Waals surface area contributed by atoms with Gasteiger partial charge in [-0.2, -0.15) is 4.31 Å². The highest BCUT2D eigenvalue weighted by Gasteiger charge is 2.45. The van der Waals surface area contributed by atoms with E-state index in [9.17, 15) is 37.2 Å². The number of carbonyl (C=O) groups is 6. The molecule has 0 radical (unpaired) electrons. The van der Waals surface area contributed by atoms with Crippen LogP contribution in [0.3, 0.4) is 0 Å². The molecule has 17 nitrogen and oxygen atoms in total. The van der Waals surface area contributed by atoms with E-state index in [2.05, 4.69) is 26.6 Å². The SMILES string of the molecule is COC(=O)[C@H](CCNC(=O)[C@H](CC(C)C)N(C)C(=O)Cc1ccc(NC(=O)Nc2ccccc2C)cc1)NC(=O)C1C[C@@H](NC(=O)OC(C)(C)C)CN1S(=O)(=O)c1ccccc1. The topological polar surface area (TPSA) is 222 Å². The lowest BCUT2D eigenvalue weighted by atomic mass is 10.0. The third kappa shape index (κ3) is 14.0. The number of ether oxygens (including phenoxy) is 2. The molecule has 1 aliphatic heterocycles. The van der Waals surface area contributed by atoms with Crippen LogP contribution in [-0.2, 0) is 45.1 Å². The molecule has 336 valence electrons. The van der Waals surface area contributed by atoms with Crippen molar-refractivity contribution in [2.24, 2.45) is 5.92 Å². The molecular formula is C44H59N7O10S. The zero-order valence-electron chi connectivity index (χ0n) is 36.5. The van der Waals surface area contributed by atoms with Crippen LogP contribution in [0.5, 0.6) is 0 Å². The number of para-hydroxylation sites is 1. The van der Waals surface area contributed by atoms with Gasteiger partial charge in [-0.25, -0.2) is 22.8 Å². The van der Waals surface area contributed by atoms with E-state index < -0.39 is 69.7 Å². The Kier molecular flexibility index (Phi) is 17.0. The van der Waals surface area contributed by atoms with Crippen LogP contribution in [0.2, 0.25) is 0 Å². The number of nitrogens with zero attached hydrogens (tertiary/aromatic N) is 2. The van der Waals surface area contributed by atoms with E-state index in [0.29, 0.717) is 23.4 Å². The van der Waals surface area contributed by atoms with Gasteiger partial charge >= 0.3 is 18.1 Å². The minimum absolute atomic E-state index is 0.0170. The zero-order chi connectivity index (χ0) is 45.8. The molecular weight excluding hydrogens is 819 g/mol. The molecule has 0 spiro atoms. The van der Waals surface area contributed by atoms with E-state index in [1.807, 2.05) is 39.0 Å². The zero-order valence-corrected chi connectivity index (χ0v) is 37.3. The lowest BCUT2D eigenvalue weighted by Crippen LogP contribution is -2.52. The van der Waals surface area contributed by atoms with Crippen LogP contribution in [-0.4, -0.2) is 110 Å². The van der Waals surface area contributed by atoms with Gasteiger partial charge in [0.2, 0.25) is 27.7 Å². The molecule has 62 heavy (non-hydrogen) atoms. The number of likely N-dealkylation sites (N-methyl/N-ethyl adjacent to an activating group) is 1. The van der Waals surface area contributed by atoms with E-state index >= 15 is 0 Å². The highest BCUT2D eigenvalue weighted by molar-refractivity contribution is 7.89. The lowest BCUT2D eigenvalue weighted by Gasteiger charge is -2.29. The summed E-state index contributed by atoms with van der Waals surface area (Å²) in [7, 11) is -1.57. The molecule has 1 saturated heterocycles. The highest BCUT2D eigenvalue weighted by atomic mass is 32.2. The summed E-state index contributed by atoms with van der Waals surface area (Å²) in [5, 5.41) is 13.6. The number of hydrogen-bond acceptors (Lipinski definition) is 10. The summed E-state index contributed by atoms with van der Waals surface area (Å²) in [5.74, 6) is -2.41. The van der Waals surface area contributed by atoms with Crippen molar-refractivity contribution in [2.45, 2.75) is 102 Å². The first kappa shape index (κ1) is 48.7. The number of carbonyl (C=O) groups excluding carboxylic acids is 6. The van der Waals surface area contributed by atoms with Crippen molar-refractivity contribution in [3.63, 3.8) is 0 Å². The van der Waals surface area contributed by atoms with E-state index in [1.54, 1.807) is 76.3 Å². The Morgan fingerprint density at radius 3 is 2.16 bits per heavy atom. The van der Waals surface area contributed by atoms with Gasteiger partial charge in [0.25, 0.3) is 0 Å². The summed E-state index contributed by atoms with van der Waals surface area (Å²) in [6, 6.07) is 17.0. The van der Waals surface area contributed by atoms with Crippen LogP contribution in [0.15, 0.2) is 83.8 Å². The van der Waals surface area contributed by atoms with Crippen LogP contribution in [0.25, 0.3) is 0 Å². The molecule has 0 aromatic heterocycles. The van der Waals surface area contributed by atoms with Crippen LogP contribution in [0, 0.1) is 12.8 Å². The van der Waals surface area contributed by atoms with Gasteiger partial charge in [-0.1, -0.05) is 62.4 Å². The fraction of sp³-hybridized carbons (Fsp3) is 0.455. The monoisotopic (exact) mass is 877 g/mol. The Morgan fingerprint density at radius 1 is 0.903 bits per heavy atom. The third-order valence-electron chi connectivity index (χ3n) is 9.98. The molecule has 0 aliphatic carbocycles. The number of amides is 6. The van der Waals surface area contributed by atoms with Crippen molar-refractivity contribution in [2.75, 3.05) is 37.9 Å². The second kappa shape index (κ2) is 21.7. The number of anilines is 2. The predicted octanol–water partition coefficient (Wildman–Crippen LogP) is 4.58. The number of urea groups is 1. The molecule has 0 saturated carbocycles. The number of hydrogen-bond donors (Lipinski definition) is 5. The molecule has 1 unspecified atom stereocenters. The largest absolute Gasteiger partial charge is 0.467 e. The van der Waals surface area contributed by atoms with E-state index in [-0.39, 0.29) is 49.1 Å². The van der Waals surface area contributed by atoms with Gasteiger partial charge in [0.1, 0.15) is 23.7 Å². The van der Waals surface area contributed by atoms with Crippen molar-refractivity contribution in [1.82, 2.24) is 25.2 Å². The molecule has 18 heteroatoms. The highest BCUT2D eigenvalue weighted by Crippen LogP contribution is 2.27. The summed E-state index contributed by atoms with van der Waals surface area (Å²) < 4.78 is 38.9. The molecule has 1 heterocycles. The quantitative estimate of drug-likeness (QED) is 0.119. The van der Waals surface area contributed by atoms with Gasteiger partial charge in [-0.15, -0.1) is 0 Å². The van der Waals surface area contributed by atoms with Gasteiger partial charge in [-0.05, 0) is 94.3 Å². The molecule has 1 fully saturated rings. The van der Waals surface area contributed by atoms with Crippen LogP contribution >= 0.6 is 0 Å². The van der Waals surface area contributed by atoms with Crippen molar-refractivity contribution < 1.29 is 46.7 Å². The van der Waals surface area contributed by atoms with Gasteiger partial charge in [0.15, 0.2) is 0 Å². The minimum atomic E-state index is -4.24. The fourth-order valence-corrected chi connectivity index (χ4v) is 8.46. The second-order valence-corrected chi connectivity index (χ2v) is 18.5. The van der Waals surface area contributed by atoms with Crippen molar-refractivity contribution in [3.8, 4) is 0 Å². The average Bonchev–Trinajstić information content (AvgIpc) is 3.64. The van der Waals surface area contributed by atoms with Crippen molar-refractivity contribution in [3.05, 3.63) is 90.0 Å². The van der Waals surface area contributed by atoms with Gasteiger partial charge in [0, 0.05) is 37.6 Å². The maximum Gasteiger partial charge on any atom is 0.407 e. The summed E-state index contributed by atoms with van der Waals surface area (Å²) in [6.07, 6.45) is -0.717. The molecule has 6 amide bonds. The number of aryl methyl sites for hydroxylation is 1. The second-order valence-electron chi connectivity index (χ2n) is 16.6. The molecule has 0 bridgehead atoms. The van der Waals surface area contributed by atoms with Crippen LogP contribution < -0.4 is 26.6 Å². The first-order valence-corrected chi connectivity index (χ1v) is 21.8. The van der Waals surface area contributed by atoms with E-state index in [0.717, 1.165) is 17.0 Å². The summed E-state index contributed by atoms with van der Waals surface area (Å²) in [5.41, 5.74) is 1.96. The van der Waals surface area contributed by atoms with E-state index in [4.69, 9.17) is 9.47 Å². The number of alkyl carbamates (subject to hydrolysis) is 1. The number of sulfonamides is 1. The predicted molar refractivity (Wildman–Crippen MR) is 233 cm³/mol. The minimum Gasteiger partial charge on any atom is -0.467 e.